The van der Waals surface area contributed by atoms with Crippen LogP contribution in [0.25, 0.3) is 0 Å². The molecule has 6 heteroatoms. The molecule has 1 amide bonds. The molecule has 0 aliphatic rings. The van der Waals surface area contributed by atoms with Gasteiger partial charge in [-0.2, -0.15) is 0 Å². The number of amides is 1. The predicted octanol–water partition coefficient (Wildman–Crippen LogP) is -1.82. The Morgan fingerprint density at radius 1 is 1.31 bits per heavy atom. The Balaban J connectivity index is 3.70. The summed E-state index contributed by atoms with van der Waals surface area (Å²) in [5.41, 5.74) is 3.75. The number of nitrogens with two attached hydrogens (primary N) is 1. The Morgan fingerprint density at radius 2 is 1.85 bits per heavy atom. The molecule has 1 aromatic heterocycles. The first-order chi connectivity index (χ1) is 5.95. The second-order valence-corrected chi connectivity index (χ2v) is 2.63. The highest BCUT2D eigenvalue weighted by Gasteiger charge is 2.09. The number of aromatic nitrogens is 2. The van der Waals surface area contributed by atoms with E-state index in [1.807, 2.05) is 0 Å². The molecule has 13 heavy (non-hydrogen) atoms. The summed E-state index contributed by atoms with van der Waals surface area (Å²) in [6.45, 7) is 0. The average Bonchev–Trinajstić information content (AvgIpc) is 2.07. The normalized spacial score (nSPS) is 10.0. The third-order valence-electron chi connectivity index (χ3n) is 1.78. The van der Waals surface area contributed by atoms with Crippen LogP contribution in [0, 0.1) is 0 Å². The third-order valence-corrected chi connectivity index (χ3v) is 1.78. The van der Waals surface area contributed by atoms with Crippen molar-refractivity contribution in [1.82, 2.24) is 9.13 Å². The van der Waals surface area contributed by atoms with Crippen LogP contribution in [0.1, 0.15) is 10.5 Å². The van der Waals surface area contributed by atoms with Gasteiger partial charge in [0.2, 0.25) is 0 Å². The SMILES string of the molecule is Cn1c(C(N)=O)cc(=O)n(C)c1=O. The molecule has 0 saturated carbocycles. The molecule has 0 fully saturated rings. The fourth-order valence-electron chi connectivity index (χ4n) is 0.969. The lowest BCUT2D eigenvalue weighted by molar-refractivity contribution is 0.0990. The Bertz CT molecular complexity index is 469. The lowest BCUT2D eigenvalue weighted by Gasteiger charge is -2.04. The highest BCUT2D eigenvalue weighted by molar-refractivity contribution is 5.90. The van der Waals surface area contributed by atoms with Crippen molar-refractivity contribution in [3.05, 3.63) is 32.6 Å². The quantitative estimate of drug-likeness (QED) is 0.556. The zero-order chi connectivity index (χ0) is 10.2. The van der Waals surface area contributed by atoms with Gasteiger partial charge in [0.1, 0.15) is 5.69 Å². The monoisotopic (exact) mass is 183 g/mol. The molecule has 0 unspecified atom stereocenters. The van der Waals surface area contributed by atoms with Gasteiger partial charge in [-0.3, -0.25) is 18.7 Å². The van der Waals surface area contributed by atoms with Crippen molar-refractivity contribution in [1.29, 1.82) is 0 Å². The van der Waals surface area contributed by atoms with E-state index < -0.39 is 17.2 Å². The maximum absolute atomic E-state index is 11.2. The maximum Gasteiger partial charge on any atom is 0.331 e. The van der Waals surface area contributed by atoms with Gasteiger partial charge in [0, 0.05) is 20.2 Å². The maximum atomic E-state index is 11.2. The molecular formula is C7H9N3O3. The van der Waals surface area contributed by atoms with Crippen LogP contribution in [-0.4, -0.2) is 15.0 Å². The number of rotatable bonds is 1. The molecule has 0 aliphatic heterocycles. The van der Waals surface area contributed by atoms with E-state index in [0.29, 0.717) is 0 Å². The summed E-state index contributed by atoms with van der Waals surface area (Å²) < 4.78 is 1.93. The van der Waals surface area contributed by atoms with Gasteiger partial charge in [0.15, 0.2) is 0 Å². The standard InChI is InChI=1S/C7H9N3O3/c1-9-4(6(8)12)3-5(11)10(2)7(9)13/h3H,1-2H3,(H2,8,12). The molecule has 0 bridgehead atoms. The van der Waals surface area contributed by atoms with Crippen LogP contribution in [0.3, 0.4) is 0 Å². The van der Waals surface area contributed by atoms with Crippen molar-refractivity contribution < 1.29 is 4.79 Å². The van der Waals surface area contributed by atoms with Crippen LogP contribution in [0.15, 0.2) is 15.7 Å². The lowest BCUT2D eigenvalue weighted by Crippen LogP contribution is -2.40. The Kier molecular flexibility index (Phi) is 2.05. The molecule has 2 N–H and O–H groups in total. The molecule has 0 atom stereocenters. The highest BCUT2D eigenvalue weighted by atomic mass is 16.2. The molecule has 1 heterocycles. The fraction of sp³-hybridized carbons (Fsp3) is 0.286. The van der Waals surface area contributed by atoms with Crippen LogP contribution >= 0.6 is 0 Å². The number of carbonyl (C=O) groups is 1. The van der Waals surface area contributed by atoms with Gasteiger partial charge in [0.25, 0.3) is 11.5 Å². The molecule has 0 saturated heterocycles. The van der Waals surface area contributed by atoms with E-state index in [1.54, 1.807) is 0 Å². The fourth-order valence-corrected chi connectivity index (χ4v) is 0.969. The minimum Gasteiger partial charge on any atom is -0.364 e. The second-order valence-electron chi connectivity index (χ2n) is 2.63. The van der Waals surface area contributed by atoms with Gasteiger partial charge in [0.05, 0.1) is 0 Å². The topological polar surface area (TPSA) is 87.1 Å². The molecule has 1 rings (SSSR count). The first-order valence-electron chi connectivity index (χ1n) is 3.52. The minimum absolute atomic E-state index is 0.0897. The van der Waals surface area contributed by atoms with Crippen molar-refractivity contribution in [3.8, 4) is 0 Å². The summed E-state index contributed by atoms with van der Waals surface area (Å²) in [6, 6.07) is 1.03. The van der Waals surface area contributed by atoms with Crippen molar-refractivity contribution in [2.45, 2.75) is 0 Å². The molecule has 70 valence electrons. The number of primary amides is 1. The summed E-state index contributed by atoms with van der Waals surface area (Å²) >= 11 is 0. The molecule has 0 aromatic carbocycles. The van der Waals surface area contributed by atoms with Gasteiger partial charge in [-0.15, -0.1) is 0 Å². The van der Waals surface area contributed by atoms with Crippen LogP contribution in [0.2, 0.25) is 0 Å². The van der Waals surface area contributed by atoms with E-state index in [9.17, 15) is 14.4 Å². The smallest absolute Gasteiger partial charge is 0.331 e. The average molecular weight is 183 g/mol. The first kappa shape index (κ1) is 9.24. The summed E-state index contributed by atoms with van der Waals surface area (Å²) in [7, 11) is 2.71. The second kappa shape index (κ2) is 2.89. The van der Waals surface area contributed by atoms with Crippen molar-refractivity contribution in [2.75, 3.05) is 0 Å². The Morgan fingerprint density at radius 3 is 2.31 bits per heavy atom. The van der Waals surface area contributed by atoms with E-state index in [0.717, 1.165) is 15.2 Å². The number of hydrogen-bond acceptors (Lipinski definition) is 3. The van der Waals surface area contributed by atoms with Crippen LogP contribution in [-0.2, 0) is 14.1 Å². The van der Waals surface area contributed by atoms with Gasteiger partial charge in [-0.1, -0.05) is 0 Å². The Labute approximate surface area is 73.2 Å². The summed E-state index contributed by atoms with van der Waals surface area (Å²) in [5, 5.41) is 0. The minimum atomic E-state index is -0.794. The Hall–Kier alpha value is -1.85. The van der Waals surface area contributed by atoms with E-state index in [2.05, 4.69) is 0 Å². The van der Waals surface area contributed by atoms with Gasteiger partial charge in [-0.05, 0) is 0 Å². The van der Waals surface area contributed by atoms with E-state index >= 15 is 0 Å². The third kappa shape index (κ3) is 1.37. The molecule has 0 radical (unpaired) electrons. The lowest BCUT2D eigenvalue weighted by atomic mass is 10.4. The summed E-state index contributed by atoms with van der Waals surface area (Å²) in [5.74, 6) is -0.794. The molecule has 6 nitrogen and oxygen atoms in total. The van der Waals surface area contributed by atoms with Gasteiger partial charge < -0.3 is 5.73 Å². The van der Waals surface area contributed by atoms with Crippen molar-refractivity contribution in [3.63, 3.8) is 0 Å². The first-order valence-corrected chi connectivity index (χ1v) is 3.52. The van der Waals surface area contributed by atoms with Crippen LogP contribution in [0.4, 0.5) is 0 Å². The van der Waals surface area contributed by atoms with Gasteiger partial charge >= 0.3 is 5.69 Å². The zero-order valence-electron chi connectivity index (χ0n) is 7.27. The number of carbonyl (C=O) groups excluding carboxylic acids is 1. The van der Waals surface area contributed by atoms with Crippen molar-refractivity contribution >= 4 is 5.91 Å². The van der Waals surface area contributed by atoms with E-state index in [4.69, 9.17) is 5.73 Å². The number of hydrogen-bond donors (Lipinski definition) is 1. The van der Waals surface area contributed by atoms with Crippen LogP contribution in [0.5, 0.6) is 0 Å². The molecule has 1 aromatic rings. The van der Waals surface area contributed by atoms with Gasteiger partial charge in [-0.25, -0.2) is 4.79 Å². The highest BCUT2D eigenvalue weighted by Crippen LogP contribution is 1.86. The largest absolute Gasteiger partial charge is 0.364 e. The van der Waals surface area contributed by atoms with Crippen molar-refractivity contribution in [2.24, 2.45) is 19.8 Å². The summed E-state index contributed by atoms with van der Waals surface area (Å²) in [6.07, 6.45) is 0. The van der Waals surface area contributed by atoms with E-state index in [-0.39, 0.29) is 5.69 Å². The summed E-state index contributed by atoms with van der Waals surface area (Å²) in [4.78, 5) is 33.0. The van der Waals surface area contributed by atoms with E-state index in [1.165, 1.54) is 14.1 Å². The molecule has 0 aliphatic carbocycles. The number of nitrogens with zero attached hydrogens (tertiary/aromatic N) is 2. The predicted molar refractivity (Wildman–Crippen MR) is 45.4 cm³/mol. The molecule has 0 spiro atoms. The van der Waals surface area contributed by atoms with Crippen LogP contribution < -0.4 is 17.0 Å². The zero-order valence-corrected chi connectivity index (χ0v) is 7.27. The molecular weight excluding hydrogens is 174 g/mol.